The summed E-state index contributed by atoms with van der Waals surface area (Å²) in [4.78, 5) is 46.7. The first-order valence-corrected chi connectivity index (χ1v) is 16.5. The van der Waals surface area contributed by atoms with Crippen LogP contribution < -0.4 is 11.1 Å². The average Bonchev–Trinajstić information content (AvgIpc) is 3.45. The lowest BCUT2D eigenvalue weighted by Crippen LogP contribution is -2.53. The second kappa shape index (κ2) is 14.7. The van der Waals surface area contributed by atoms with Crippen molar-refractivity contribution in [2.75, 3.05) is 11.5 Å². The van der Waals surface area contributed by atoms with Gasteiger partial charge in [0.1, 0.15) is 33.4 Å². The Morgan fingerprint density at radius 1 is 1.34 bits per heavy atom. The fourth-order valence-electron chi connectivity index (χ4n) is 3.17. The number of aliphatic carboxylic acids is 1. The number of amides is 1. The molecule has 2 rings (SSSR count). The number of aliphatic imine (C=N–C) groups is 1. The highest BCUT2D eigenvalue weighted by Gasteiger charge is 2.41. The van der Waals surface area contributed by atoms with Crippen LogP contribution in [0.15, 0.2) is 22.5 Å². The number of nitrogens with one attached hydrogen (secondary N) is 1. The first kappa shape index (κ1) is 32.7. The minimum atomic E-state index is -1.08. The number of nitrogens with zero attached hydrogens (tertiary/aromatic N) is 2. The maximum absolute atomic E-state index is 13.2. The molecule has 0 saturated heterocycles. The predicted molar refractivity (Wildman–Crippen MR) is 160 cm³/mol. The molecule has 0 bridgehead atoms. The van der Waals surface area contributed by atoms with Gasteiger partial charge in [0.2, 0.25) is 5.91 Å². The molecule has 4 N–H and O–H groups in total. The monoisotopic (exact) mass is 602 g/mol. The fourth-order valence-corrected chi connectivity index (χ4v) is 7.30. The van der Waals surface area contributed by atoms with Crippen LogP contribution in [0.1, 0.15) is 65.1 Å². The van der Waals surface area contributed by atoms with Crippen molar-refractivity contribution in [3.05, 3.63) is 28.2 Å². The average molecular weight is 603 g/mol. The van der Waals surface area contributed by atoms with Gasteiger partial charge in [-0.25, -0.2) is 9.78 Å². The van der Waals surface area contributed by atoms with Crippen LogP contribution in [0.5, 0.6) is 0 Å². The smallest absolute Gasteiger partial charge is 0.329 e. The predicted octanol–water partition coefficient (Wildman–Crippen LogP) is 4.51. The van der Waals surface area contributed by atoms with E-state index < -0.39 is 35.5 Å². The summed E-state index contributed by atoms with van der Waals surface area (Å²) in [7, 11) is 3.52. The number of nitrogens with two attached hydrogens (primary N) is 1. The van der Waals surface area contributed by atoms with Crippen molar-refractivity contribution in [3.63, 3.8) is 0 Å². The van der Waals surface area contributed by atoms with Gasteiger partial charge in [0.05, 0.1) is 6.42 Å². The summed E-state index contributed by atoms with van der Waals surface area (Å²) < 4.78 is 5.71. The number of thiazole rings is 1. The highest BCUT2D eigenvalue weighted by atomic mass is 33.1. The van der Waals surface area contributed by atoms with Crippen molar-refractivity contribution in [2.24, 2.45) is 16.6 Å². The highest BCUT2D eigenvalue weighted by molar-refractivity contribution is 8.77. The van der Waals surface area contributed by atoms with E-state index in [0.717, 1.165) is 10.8 Å². The van der Waals surface area contributed by atoms with Gasteiger partial charge in [0, 0.05) is 28.2 Å². The third kappa shape index (κ3) is 10.6. The topological polar surface area (TPSA) is 144 Å². The van der Waals surface area contributed by atoms with E-state index in [1.165, 1.54) is 23.1 Å². The molecule has 0 unspecified atom stereocenters. The molecule has 1 aliphatic rings. The normalized spacial score (nSPS) is 19.4. The molecular weight excluding hydrogens is 565 g/mol. The third-order valence-electron chi connectivity index (χ3n) is 5.15. The van der Waals surface area contributed by atoms with Gasteiger partial charge in [-0.2, -0.15) is 0 Å². The zero-order chi connectivity index (χ0) is 28.5. The number of carbonyl (C=O) groups is 3. The van der Waals surface area contributed by atoms with Gasteiger partial charge in [-0.05, 0) is 25.3 Å². The van der Waals surface area contributed by atoms with Crippen LogP contribution in [-0.2, 0) is 25.7 Å². The van der Waals surface area contributed by atoms with E-state index in [4.69, 9.17) is 10.5 Å². The molecule has 2 heterocycles. The molecule has 1 aliphatic heterocycles. The standard InChI is InChI=1S/C25H38N4O5S4/c1-15(2)20(22(32)34-16(11-19(30)31)9-7-8-10-37-38-24(3,4)5)28-23(33)25(6)14-36-21(29-25)17-13-35-18(12-26)27-17/h7,9,13,15-16,20H,8,10-12,14,26H2,1-6H3,(H,28,33)(H,30,31)/b9-7+/t16-,20+,25+/m1/s1. The molecule has 0 aromatic carbocycles. The fraction of sp³-hybridized carbons (Fsp3) is 0.640. The summed E-state index contributed by atoms with van der Waals surface area (Å²) in [5.41, 5.74) is 5.26. The van der Waals surface area contributed by atoms with Gasteiger partial charge in [0.25, 0.3) is 0 Å². The molecule has 0 aliphatic carbocycles. The molecule has 0 fully saturated rings. The maximum Gasteiger partial charge on any atom is 0.329 e. The Bertz CT molecular complexity index is 1040. The number of thioether (sulfide) groups is 1. The minimum absolute atomic E-state index is 0.155. The molecule has 212 valence electrons. The van der Waals surface area contributed by atoms with E-state index in [9.17, 15) is 19.5 Å². The second-order valence-corrected chi connectivity index (χ2v) is 15.5. The number of ether oxygens (including phenoxy) is 1. The number of hydrogen-bond acceptors (Lipinski definition) is 11. The molecule has 3 atom stereocenters. The second-order valence-electron chi connectivity index (χ2n) is 10.3. The number of carboxylic acids is 1. The van der Waals surface area contributed by atoms with Gasteiger partial charge in [0.15, 0.2) is 0 Å². The van der Waals surface area contributed by atoms with E-state index in [2.05, 4.69) is 36.1 Å². The molecule has 1 aromatic rings. The van der Waals surface area contributed by atoms with Crippen molar-refractivity contribution in [3.8, 4) is 0 Å². The number of carboxylic acid groups (broad SMARTS) is 1. The van der Waals surface area contributed by atoms with E-state index in [1.807, 2.05) is 11.5 Å². The van der Waals surface area contributed by atoms with Crippen molar-refractivity contribution in [2.45, 2.75) is 83.4 Å². The number of allylic oxidation sites excluding steroid dienone is 1. The Balaban J connectivity index is 2.03. The number of carbonyl (C=O) groups excluding carboxylic acids is 2. The Morgan fingerprint density at radius 3 is 2.63 bits per heavy atom. The molecule has 13 heteroatoms. The van der Waals surface area contributed by atoms with Crippen molar-refractivity contribution in [1.82, 2.24) is 10.3 Å². The number of aromatic nitrogens is 1. The van der Waals surface area contributed by atoms with E-state index >= 15 is 0 Å². The van der Waals surface area contributed by atoms with E-state index in [0.29, 0.717) is 29.5 Å². The lowest BCUT2D eigenvalue weighted by Gasteiger charge is -2.27. The summed E-state index contributed by atoms with van der Waals surface area (Å²) >= 11 is 2.87. The molecule has 0 spiro atoms. The lowest BCUT2D eigenvalue weighted by atomic mass is 10.0. The zero-order valence-electron chi connectivity index (χ0n) is 22.7. The summed E-state index contributed by atoms with van der Waals surface area (Å²) in [6, 6.07) is -0.949. The maximum atomic E-state index is 13.2. The van der Waals surface area contributed by atoms with Gasteiger partial charge in [-0.3, -0.25) is 14.6 Å². The van der Waals surface area contributed by atoms with Crippen molar-refractivity contribution in [1.29, 1.82) is 0 Å². The highest BCUT2D eigenvalue weighted by Crippen LogP contribution is 2.35. The summed E-state index contributed by atoms with van der Waals surface area (Å²) in [5.74, 6) is -1.17. The van der Waals surface area contributed by atoms with Gasteiger partial charge >= 0.3 is 11.9 Å². The Labute approximate surface area is 241 Å². The van der Waals surface area contributed by atoms with Crippen LogP contribution in [-0.4, -0.2) is 66.9 Å². The van der Waals surface area contributed by atoms with Crippen molar-refractivity contribution < 1.29 is 24.2 Å². The summed E-state index contributed by atoms with van der Waals surface area (Å²) in [5, 5.41) is 15.4. The summed E-state index contributed by atoms with van der Waals surface area (Å²) in [6.45, 7) is 12.1. The molecule has 0 saturated carbocycles. The Kier molecular flexibility index (Phi) is 12.7. The van der Waals surface area contributed by atoms with Crippen LogP contribution in [0, 0.1) is 5.92 Å². The molecule has 1 aromatic heterocycles. The van der Waals surface area contributed by atoms with Crippen molar-refractivity contribution >= 4 is 67.6 Å². The lowest BCUT2D eigenvalue weighted by molar-refractivity contribution is -0.155. The number of hydrogen-bond donors (Lipinski definition) is 3. The summed E-state index contributed by atoms with van der Waals surface area (Å²) in [6.07, 6.45) is 2.88. The van der Waals surface area contributed by atoms with Crippen LogP contribution >= 0.6 is 44.7 Å². The number of esters is 1. The molecular formula is C25H38N4O5S4. The van der Waals surface area contributed by atoms with Gasteiger partial charge < -0.3 is 20.9 Å². The SMILES string of the molecule is CC(C)[C@H](NC(=O)[C@]1(C)CSC(c2csc(CN)n2)=N1)C(=O)O[C@H](/C=C/CCSSC(C)(C)C)CC(=O)O. The number of rotatable bonds is 14. The minimum Gasteiger partial charge on any atom is -0.481 e. The Hall–Kier alpha value is -1.54. The van der Waals surface area contributed by atoms with Gasteiger partial charge in [-0.1, -0.05) is 62.3 Å². The van der Waals surface area contributed by atoms with Gasteiger partial charge in [-0.15, -0.1) is 23.1 Å². The molecule has 1 amide bonds. The molecule has 0 radical (unpaired) electrons. The molecule has 9 nitrogen and oxygen atoms in total. The molecule has 38 heavy (non-hydrogen) atoms. The van der Waals surface area contributed by atoms with Crippen LogP contribution in [0.4, 0.5) is 0 Å². The third-order valence-corrected chi connectivity index (χ3v) is 10.7. The van der Waals surface area contributed by atoms with E-state index in [-0.39, 0.29) is 17.1 Å². The first-order chi connectivity index (χ1) is 17.7. The van der Waals surface area contributed by atoms with Crippen LogP contribution in [0.3, 0.4) is 0 Å². The Morgan fingerprint density at radius 2 is 2.05 bits per heavy atom. The van der Waals surface area contributed by atoms with E-state index in [1.54, 1.807) is 48.4 Å². The first-order valence-electron chi connectivity index (χ1n) is 12.3. The zero-order valence-corrected chi connectivity index (χ0v) is 26.0. The van der Waals surface area contributed by atoms with Crippen LogP contribution in [0.2, 0.25) is 0 Å². The largest absolute Gasteiger partial charge is 0.481 e. The quantitative estimate of drug-likeness (QED) is 0.120. The van der Waals surface area contributed by atoms with Crippen LogP contribution in [0.25, 0.3) is 0 Å².